The van der Waals surface area contributed by atoms with Crippen molar-refractivity contribution in [3.05, 3.63) is 41.2 Å². The summed E-state index contributed by atoms with van der Waals surface area (Å²) in [4.78, 5) is 28.4. The van der Waals surface area contributed by atoms with Gasteiger partial charge in [0.15, 0.2) is 0 Å². The lowest BCUT2D eigenvalue weighted by atomic mass is 10.2. The molecule has 0 saturated carbocycles. The Kier molecular flexibility index (Phi) is 6.53. The zero-order chi connectivity index (χ0) is 21.0. The maximum atomic E-state index is 12.6. The van der Waals surface area contributed by atoms with Crippen LogP contribution in [-0.4, -0.2) is 70.8 Å². The third kappa shape index (κ3) is 4.95. The van der Waals surface area contributed by atoms with Crippen LogP contribution in [0.3, 0.4) is 0 Å². The number of hydrogen-bond donors (Lipinski definition) is 2. The van der Waals surface area contributed by atoms with Crippen molar-refractivity contribution >= 4 is 17.6 Å². The molecule has 1 saturated heterocycles. The standard InChI is InChI=1S/C21H30N6O2/c1-5-22-21(29)26-12-10-25(11-13-26)14-19(28)23-20-16(3)24-27(17(20)4)18-8-6-15(2)7-9-18/h6-9H,5,10-14H2,1-4H3,(H,22,29)(H,23,28). The van der Waals surface area contributed by atoms with Crippen LogP contribution in [0.25, 0.3) is 5.69 Å². The fraction of sp³-hybridized carbons (Fsp3) is 0.476. The van der Waals surface area contributed by atoms with Crippen molar-refractivity contribution in [2.45, 2.75) is 27.7 Å². The van der Waals surface area contributed by atoms with E-state index in [1.807, 2.05) is 56.6 Å². The van der Waals surface area contributed by atoms with Crippen molar-refractivity contribution < 1.29 is 9.59 Å². The van der Waals surface area contributed by atoms with E-state index in [1.165, 1.54) is 5.56 Å². The van der Waals surface area contributed by atoms with E-state index in [0.717, 1.165) is 22.8 Å². The van der Waals surface area contributed by atoms with Gasteiger partial charge in [0.1, 0.15) is 0 Å². The number of nitrogens with zero attached hydrogens (tertiary/aromatic N) is 4. The second kappa shape index (κ2) is 9.09. The van der Waals surface area contributed by atoms with E-state index in [0.29, 0.717) is 39.3 Å². The topological polar surface area (TPSA) is 82.5 Å². The molecule has 1 aromatic heterocycles. The molecule has 8 nitrogen and oxygen atoms in total. The van der Waals surface area contributed by atoms with Crippen LogP contribution < -0.4 is 10.6 Å². The number of urea groups is 1. The van der Waals surface area contributed by atoms with Gasteiger partial charge in [-0.15, -0.1) is 0 Å². The summed E-state index contributed by atoms with van der Waals surface area (Å²) in [6.07, 6.45) is 0. The number of nitrogens with one attached hydrogen (secondary N) is 2. The van der Waals surface area contributed by atoms with Crippen molar-refractivity contribution in [3.63, 3.8) is 0 Å². The molecular formula is C21H30N6O2. The molecular weight excluding hydrogens is 368 g/mol. The number of amides is 3. The molecule has 2 aromatic rings. The number of aromatic nitrogens is 2. The van der Waals surface area contributed by atoms with E-state index in [9.17, 15) is 9.59 Å². The summed E-state index contributed by atoms with van der Waals surface area (Å²) in [5, 5.41) is 10.4. The fourth-order valence-corrected chi connectivity index (χ4v) is 3.52. The number of anilines is 1. The van der Waals surface area contributed by atoms with Crippen LogP contribution >= 0.6 is 0 Å². The Hall–Kier alpha value is -2.87. The predicted octanol–water partition coefficient (Wildman–Crippen LogP) is 2.08. The zero-order valence-corrected chi connectivity index (χ0v) is 17.7. The van der Waals surface area contributed by atoms with Gasteiger partial charge in [-0.25, -0.2) is 9.48 Å². The van der Waals surface area contributed by atoms with Crippen molar-refractivity contribution in [1.82, 2.24) is 24.9 Å². The molecule has 0 radical (unpaired) electrons. The normalized spacial score (nSPS) is 14.7. The van der Waals surface area contributed by atoms with E-state index in [4.69, 9.17) is 0 Å². The smallest absolute Gasteiger partial charge is 0.317 e. The molecule has 8 heteroatoms. The summed E-state index contributed by atoms with van der Waals surface area (Å²) >= 11 is 0. The highest BCUT2D eigenvalue weighted by molar-refractivity contribution is 5.93. The molecule has 3 rings (SSSR count). The first-order valence-corrected chi connectivity index (χ1v) is 10.1. The fourth-order valence-electron chi connectivity index (χ4n) is 3.52. The first kappa shape index (κ1) is 20.9. The summed E-state index contributed by atoms with van der Waals surface area (Å²) in [6.45, 7) is 11.4. The highest BCUT2D eigenvalue weighted by atomic mass is 16.2. The zero-order valence-electron chi connectivity index (χ0n) is 17.7. The first-order valence-electron chi connectivity index (χ1n) is 10.1. The number of aryl methyl sites for hydroxylation is 2. The van der Waals surface area contributed by atoms with Crippen LogP contribution in [0, 0.1) is 20.8 Å². The molecule has 1 fully saturated rings. The lowest BCUT2D eigenvalue weighted by Gasteiger charge is -2.34. The molecule has 2 N–H and O–H groups in total. The Bertz CT molecular complexity index is 866. The van der Waals surface area contributed by atoms with Gasteiger partial charge in [-0.1, -0.05) is 17.7 Å². The highest BCUT2D eigenvalue weighted by Gasteiger charge is 2.23. The molecule has 1 aliphatic heterocycles. The van der Waals surface area contributed by atoms with Gasteiger partial charge >= 0.3 is 6.03 Å². The van der Waals surface area contributed by atoms with Gasteiger partial charge in [0, 0.05) is 32.7 Å². The third-order valence-electron chi connectivity index (χ3n) is 5.19. The lowest BCUT2D eigenvalue weighted by molar-refractivity contribution is -0.117. The molecule has 0 aliphatic carbocycles. The summed E-state index contributed by atoms with van der Waals surface area (Å²) in [5.41, 5.74) is 4.61. The lowest BCUT2D eigenvalue weighted by Crippen LogP contribution is -2.53. The quantitative estimate of drug-likeness (QED) is 0.808. The number of benzene rings is 1. The molecule has 29 heavy (non-hydrogen) atoms. The van der Waals surface area contributed by atoms with E-state index in [-0.39, 0.29) is 11.9 Å². The number of piperazine rings is 1. The highest BCUT2D eigenvalue weighted by Crippen LogP contribution is 2.23. The van der Waals surface area contributed by atoms with Crippen LogP contribution in [0.4, 0.5) is 10.5 Å². The molecule has 0 atom stereocenters. The molecule has 1 aliphatic rings. The van der Waals surface area contributed by atoms with Crippen molar-refractivity contribution in [3.8, 4) is 5.69 Å². The Morgan fingerprint density at radius 3 is 2.31 bits per heavy atom. The van der Waals surface area contributed by atoms with Gasteiger partial charge in [-0.2, -0.15) is 5.10 Å². The first-order chi connectivity index (χ1) is 13.9. The average Bonchev–Trinajstić information content (AvgIpc) is 2.97. The van der Waals surface area contributed by atoms with E-state index in [2.05, 4.69) is 20.6 Å². The maximum absolute atomic E-state index is 12.6. The summed E-state index contributed by atoms with van der Waals surface area (Å²) < 4.78 is 1.86. The van der Waals surface area contributed by atoms with Gasteiger partial charge in [-0.3, -0.25) is 9.69 Å². The van der Waals surface area contributed by atoms with E-state index >= 15 is 0 Å². The van der Waals surface area contributed by atoms with E-state index in [1.54, 1.807) is 4.90 Å². The molecule has 3 amide bonds. The SMILES string of the molecule is CCNC(=O)N1CCN(CC(=O)Nc2c(C)nn(-c3ccc(C)cc3)c2C)CC1. The minimum atomic E-state index is -0.0638. The third-order valence-corrected chi connectivity index (χ3v) is 5.19. The monoisotopic (exact) mass is 398 g/mol. The molecule has 156 valence electrons. The minimum absolute atomic E-state index is 0.0358. The van der Waals surface area contributed by atoms with Crippen molar-refractivity contribution in [1.29, 1.82) is 0 Å². The summed E-state index contributed by atoms with van der Waals surface area (Å²) in [5.74, 6) is -0.0638. The van der Waals surface area contributed by atoms with Crippen LogP contribution in [0.2, 0.25) is 0 Å². The minimum Gasteiger partial charge on any atom is -0.338 e. The van der Waals surface area contributed by atoms with Crippen LogP contribution in [0.1, 0.15) is 23.9 Å². The number of hydrogen-bond acceptors (Lipinski definition) is 4. The largest absolute Gasteiger partial charge is 0.338 e. The van der Waals surface area contributed by atoms with E-state index < -0.39 is 0 Å². The molecule has 0 unspecified atom stereocenters. The van der Waals surface area contributed by atoms with Crippen LogP contribution in [-0.2, 0) is 4.79 Å². The number of carbonyl (C=O) groups is 2. The van der Waals surface area contributed by atoms with Crippen molar-refractivity contribution in [2.75, 3.05) is 44.6 Å². The van der Waals surface area contributed by atoms with Crippen LogP contribution in [0.5, 0.6) is 0 Å². The average molecular weight is 399 g/mol. The van der Waals surface area contributed by atoms with Gasteiger partial charge in [0.2, 0.25) is 5.91 Å². The molecule has 0 bridgehead atoms. The van der Waals surface area contributed by atoms with Gasteiger partial charge in [0.25, 0.3) is 0 Å². The summed E-state index contributed by atoms with van der Waals surface area (Å²) in [6, 6.07) is 8.10. The Morgan fingerprint density at radius 1 is 1.03 bits per heavy atom. The molecule has 0 spiro atoms. The Balaban J connectivity index is 1.59. The van der Waals surface area contributed by atoms with Gasteiger partial charge in [0.05, 0.1) is 29.3 Å². The molecule has 2 heterocycles. The second-order valence-corrected chi connectivity index (χ2v) is 7.44. The van der Waals surface area contributed by atoms with Gasteiger partial charge < -0.3 is 15.5 Å². The predicted molar refractivity (Wildman–Crippen MR) is 113 cm³/mol. The number of rotatable bonds is 5. The Morgan fingerprint density at radius 2 is 1.69 bits per heavy atom. The molecule has 1 aromatic carbocycles. The second-order valence-electron chi connectivity index (χ2n) is 7.44. The van der Waals surface area contributed by atoms with Gasteiger partial charge in [-0.05, 0) is 39.8 Å². The van der Waals surface area contributed by atoms with Crippen molar-refractivity contribution in [2.24, 2.45) is 0 Å². The Labute approximate surface area is 171 Å². The number of carbonyl (C=O) groups excluding carboxylic acids is 2. The maximum Gasteiger partial charge on any atom is 0.317 e. The summed E-state index contributed by atoms with van der Waals surface area (Å²) in [7, 11) is 0. The van der Waals surface area contributed by atoms with Crippen LogP contribution in [0.15, 0.2) is 24.3 Å².